The van der Waals surface area contributed by atoms with Crippen LogP contribution in [0.5, 0.6) is 0 Å². The van der Waals surface area contributed by atoms with Gasteiger partial charge in [0.15, 0.2) is 6.23 Å². The maximum atomic E-state index is 11.1. The van der Waals surface area contributed by atoms with Crippen LogP contribution in [0, 0.1) is 5.92 Å². The Kier molecular flexibility index (Phi) is 4.22. The van der Waals surface area contributed by atoms with Crippen molar-refractivity contribution in [2.24, 2.45) is 5.92 Å². The SMILES string of the molecule is CC(C)CNC1CCCCC(=O)O1. The van der Waals surface area contributed by atoms with Gasteiger partial charge in [-0.2, -0.15) is 0 Å². The van der Waals surface area contributed by atoms with E-state index in [0.29, 0.717) is 12.3 Å². The van der Waals surface area contributed by atoms with Crippen LogP contribution in [0.25, 0.3) is 0 Å². The Morgan fingerprint density at radius 2 is 2.31 bits per heavy atom. The van der Waals surface area contributed by atoms with Gasteiger partial charge in [-0.15, -0.1) is 0 Å². The number of rotatable bonds is 3. The Labute approximate surface area is 79.8 Å². The first-order valence-corrected chi connectivity index (χ1v) is 5.11. The number of ether oxygens (including phenoxy) is 1. The zero-order valence-electron chi connectivity index (χ0n) is 8.51. The Morgan fingerprint density at radius 1 is 1.54 bits per heavy atom. The highest BCUT2D eigenvalue weighted by molar-refractivity contribution is 5.69. The van der Waals surface area contributed by atoms with Crippen molar-refractivity contribution in [2.75, 3.05) is 6.54 Å². The van der Waals surface area contributed by atoms with E-state index in [0.717, 1.165) is 25.8 Å². The number of nitrogens with one attached hydrogen (secondary N) is 1. The molecule has 1 unspecified atom stereocenters. The summed E-state index contributed by atoms with van der Waals surface area (Å²) in [5, 5.41) is 3.25. The first-order chi connectivity index (χ1) is 6.18. The van der Waals surface area contributed by atoms with E-state index in [2.05, 4.69) is 19.2 Å². The fourth-order valence-electron chi connectivity index (χ4n) is 1.39. The summed E-state index contributed by atoms with van der Waals surface area (Å²) < 4.78 is 5.21. The molecule has 1 aliphatic rings. The molecule has 3 heteroatoms. The van der Waals surface area contributed by atoms with Crippen molar-refractivity contribution in [1.29, 1.82) is 0 Å². The van der Waals surface area contributed by atoms with Crippen molar-refractivity contribution < 1.29 is 9.53 Å². The highest BCUT2D eigenvalue weighted by Gasteiger charge is 2.17. The second kappa shape index (κ2) is 5.22. The molecule has 0 aromatic rings. The third-order valence-corrected chi connectivity index (χ3v) is 2.12. The van der Waals surface area contributed by atoms with Crippen LogP contribution in [0.1, 0.15) is 39.5 Å². The standard InChI is InChI=1S/C10H19NO2/c1-8(2)7-11-9-5-3-4-6-10(12)13-9/h8-9,11H,3-7H2,1-2H3. The number of esters is 1. The monoisotopic (exact) mass is 185 g/mol. The van der Waals surface area contributed by atoms with Crippen molar-refractivity contribution in [1.82, 2.24) is 5.32 Å². The van der Waals surface area contributed by atoms with Crippen LogP contribution in [0.4, 0.5) is 0 Å². The van der Waals surface area contributed by atoms with Crippen LogP contribution in [-0.4, -0.2) is 18.7 Å². The Bertz CT molecular complexity index is 168. The van der Waals surface area contributed by atoms with Crippen molar-refractivity contribution in [3.63, 3.8) is 0 Å². The Morgan fingerprint density at radius 3 is 3.00 bits per heavy atom. The summed E-state index contributed by atoms with van der Waals surface area (Å²) in [5.74, 6) is 0.542. The molecule has 76 valence electrons. The van der Waals surface area contributed by atoms with Crippen molar-refractivity contribution in [2.45, 2.75) is 45.8 Å². The van der Waals surface area contributed by atoms with E-state index in [4.69, 9.17) is 4.74 Å². The lowest BCUT2D eigenvalue weighted by Gasteiger charge is -2.17. The Balaban J connectivity index is 2.26. The molecule has 1 rings (SSSR count). The lowest BCUT2D eigenvalue weighted by Crippen LogP contribution is -2.35. The largest absolute Gasteiger partial charge is 0.447 e. The minimum atomic E-state index is -0.0567. The molecule has 1 saturated heterocycles. The maximum Gasteiger partial charge on any atom is 0.307 e. The van der Waals surface area contributed by atoms with Gasteiger partial charge in [0.05, 0.1) is 0 Å². The van der Waals surface area contributed by atoms with Crippen molar-refractivity contribution in [3.8, 4) is 0 Å². The molecule has 0 radical (unpaired) electrons. The molecule has 0 aromatic heterocycles. The second-order valence-corrected chi connectivity index (χ2v) is 4.03. The molecule has 0 amide bonds. The molecule has 1 heterocycles. The minimum Gasteiger partial charge on any atom is -0.447 e. The fraction of sp³-hybridized carbons (Fsp3) is 0.900. The van der Waals surface area contributed by atoms with E-state index < -0.39 is 0 Å². The molecule has 0 aromatic carbocycles. The van der Waals surface area contributed by atoms with E-state index in [1.807, 2.05) is 0 Å². The summed E-state index contributed by atoms with van der Waals surface area (Å²) in [6.07, 6.45) is 3.55. The fourth-order valence-corrected chi connectivity index (χ4v) is 1.39. The van der Waals surface area contributed by atoms with Crippen molar-refractivity contribution in [3.05, 3.63) is 0 Å². The summed E-state index contributed by atoms with van der Waals surface area (Å²) in [7, 11) is 0. The number of hydrogen-bond acceptors (Lipinski definition) is 3. The van der Waals surface area contributed by atoms with Gasteiger partial charge in [0, 0.05) is 13.0 Å². The highest BCUT2D eigenvalue weighted by Crippen LogP contribution is 2.12. The molecule has 1 fully saturated rings. The van der Waals surface area contributed by atoms with E-state index >= 15 is 0 Å². The third-order valence-electron chi connectivity index (χ3n) is 2.12. The first kappa shape index (κ1) is 10.5. The highest BCUT2D eigenvalue weighted by atomic mass is 16.6. The van der Waals surface area contributed by atoms with Crippen molar-refractivity contribution >= 4 is 5.97 Å². The van der Waals surface area contributed by atoms with Crippen LogP contribution in [0.2, 0.25) is 0 Å². The lowest BCUT2D eigenvalue weighted by molar-refractivity contribution is -0.149. The summed E-state index contributed by atoms with van der Waals surface area (Å²) in [4.78, 5) is 11.1. The average molecular weight is 185 g/mol. The summed E-state index contributed by atoms with van der Waals surface area (Å²) in [6, 6.07) is 0. The van der Waals surface area contributed by atoms with Gasteiger partial charge in [0.2, 0.25) is 0 Å². The molecule has 0 saturated carbocycles. The van der Waals surface area contributed by atoms with Crippen LogP contribution in [0.15, 0.2) is 0 Å². The molecule has 1 atom stereocenters. The second-order valence-electron chi connectivity index (χ2n) is 4.03. The molecule has 3 nitrogen and oxygen atoms in total. The van der Waals surface area contributed by atoms with Crippen LogP contribution in [-0.2, 0) is 9.53 Å². The van der Waals surface area contributed by atoms with Crippen LogP contribution < -0.4 is 5.32 Å². The third kappa shape index (κ3) is 4.27. The van der Waals surface area contributed by atoms with Crippen LogP contribution in [0.3, 0.4) is 0 Å². The molecular weight excluding hydrogens is 166 g/mol. The first-order valence-electron chi connectivity index (χ1n) is 5.11. The summed E-state index contributed by atoms with van der Waals surface area (Å²) in [6.45, 7) is 5.20. The van der Waals surface area contributed by atoms with Gasteiger partial charge in [0.1, 0.15) is 0 Å². The summed E-state index contributed by atoms with van der Waals surface area (Å²) in [5.41, 5.74) is 0. The molecule has 13 heavy (non-hydrogen) atoms. The van der Waals surface area contributed by atoms with E-state index in [9.17, 15) is 4.79 Å². The van der Waals surface area contributed by atoms with Gasteiger partial charge in [0.25, 0.3) is 0 Å². The van der Waals surface area contributed by atoms with Gasteiger partial charge < -0.3 is 4.74 Å². The van der Waals surface area contributed by atoms with Gasteiger partial charge in [-0.05, 0) is 25.2 Å². The number of carbonyl (C=O) groups excluding carboxylic acids is 1. The maximum absolute atomic E-state index is 11.1. The number of carbonyl (C=O) groups is 1. The zero-order chi connectivity index (χ0) is 9.68. The zero-order valence-corrected chi connectivity index (χ0v) is 8.51. The predicted octanol–water partition coefficient (Wildman–Crippen LogP) is 1.68. The molecule has 1 N–H and O–H groups in total. The average Bonchev–Trinajstić information content (AvgIpc) is 2.26. The van der Waals surface area contributed by atoms with E-state index in [1.54, 1.807) is 0 Å². The molecule has 0 spiro atoms. The molecule has 0 bridgehead atoms. The molecular formula is C10H19NO2. The summed E-state index contributed by atoms with van der Waals surface area (Å²) >= 11 is 0. The topological polar surface area (TPSA) is 38.3 Å². The normalized spacial score (nSPS) is 24.2. The van der Waals surface area contributed by atoms with Gasteiger partial charge in [-0.3, -0.25) is 10.1 Å². The number of cyclic esters (lactones) is 1. The predicted molar refractivity (Wildman–Crippen MR) is 51.2 cm³/mol. The van der Waals surface area contributed by atoms with E-state index in [-0.39, 0.29) is 12.2 Å². The quantitative estimate of drug-likeness (QED) is 0.680. The van der Waals surface area contributed by atoms with Gasteiger partial charge in [-0.1, -0.05) is 13.8 Å². The van der Waals surface area contributed by atoms with E-state index in [1.165, 1.54) is 0 Å². The number of hydrogen-bond donors (Lipinski definition) is 1. The Hall–Kier alpha value is -0.570. The van der Waals surface area contributed by atoms with Gasteiger partial charge in [-0.25, -0.2) is 0 Å². The smallest absolute Gasteiger partial charge is 0.307 e. The molecule has 0 aliphatic carbocycles. The van der Waals surface area contributed by atoms with Gasteiger partial charge >= 0.3 is 5.97 Å². The van der Waals surface area contributed by atoms with Crippen LogP contribution >= 0.6 is 0 Å². The lowest BCUT2D eigenvalue weighted by atomic mass is 10.2. The molecule has 1 aliphatic heterocycles. The minimum absolute atomic E-state index is 0.0441.